The number of fused-ring (bicyclic) bond motifs is 1. The predicted molar refractivity (Wildman–Crippen MR) is 83.3 cm³/mol. The lowest BCUT2D eigenvalue weighted by atomic mass is 10.1. The molecule has 0 spiro atoms. The zero-order valence-corrected chi connectivity index (χ0v) is 12.9. The van der Waals surface area contributed by atoms with E-state index >= 15 is 0 Å². The van der Waals surface area contributed by atoms with E-state index < -0.39 is 0 Å². The molecule has 1 aliphatic carbocycles. The highest BCUT2D eigenvalue weighted by Gasteiger charge is 2.18. The van der Waals surface area contributed by atoms with Gasteiger partial charge in [-0.1, -0.05) is 6.42 Å². The van der Waals surface area contributed by atoms with Crippen LogP contribution in [0, 0.1) is 6.92 Å². The largest absolute Gasteiger partial charge is 0.370 e. The molecule has 2 aromatic rings. The molecule has 0 saturated heterocycles. The van der Waals surface area contributed by atoms with Gasteiger partial charge in [0, 0.05) is 28.9 Å². The summed E-state index contributed by atoms with van der Waals surface area (Å²) in [4.78, 5) is 14.0. The van der Waals surface area contributed by atoms with Crippen LogP contribution in [0.2, 0.25) is 0 Å². The van der Waals surface area contributed by atoms with Crippen LogP contribution in [0.1, 0.15) is 43.1 Å². The molecule has 20 heavy (non-hydrogen) atoms. The Labute approximate surface area is 123 Å². The molecular formula is C15H20N4S. The Kier molecular flexibility index (Phi) is 3.96. The minimum absolute atomic E-state index is 0.778. The summed E-state index contributed by atoms with van der Waals surface area (Å²) in [6, 6.07) is 0. The third-order valence-electron chi connectivity index (χ3n) is 3.59. The molecule has 2 aromatic heterocycles. The van der Waals surface area contributed by atoms with Crippen LogP contribution >= 0.6 is 11.3 Å². The molecule has 0 unspecified atom stereocenters. The first kappa shape index (κ1) is 13.5. The first-order valence-corrected chi connectivity index (χ1v) is 8.22. The first-order chi connectivity index (χ1) is 9.78. The summed E-state index contributed by atoms with van der Waals surface area (Å²) in [6.07, 6.45) is 5.91. The third kappa shape index (κ3) is 2.68. The van der Waals surface area contributed by atoms with Crippen molar-refractivity contribution in [1.29, 1.82) is 0 Å². The van der Waals surface area contributed by atoms with Gasteiger partial charge in [0.25, 0.3) is 0 Å². The summed E-state index contributed by atoms with van der Waals surface area (Å²) in [5.74, 6) is 1.79. The van der Waals surface area contributed by atoms with E-state index in [-0.39, 0.29) is 0 Å². The molecule has 0 fully saturated rings. The van der Waals surface area contributed by atoms with Gasteiger partial charge >= 0.3 is 0 Å². The fraction of sp³-hybridized carbons (Fsp3) is 0.533. The molecule has 2 heterocycles. The van der Waals surface area contributed by atoms with Gasteiger partial charge in [0.2, 0.25) is 0 Å². The molecular weight excluding hydrogens is 268 g/mol. The minimum atomic E-state index is 0.778. The van der Waals surface area contributed by atoms with E-state index in [1.54, 1.807) is 11.3 Å². The van der Waals surface area contributed by atoms with Gasteiger partial charge in [-0.15, -0.1) is 11.3 Å². The molecule has 5 heteroatoms. The molecule has 4 nitrogen and oxygen atoms in total. The summed E-state index contributed by atoms with van der Waals surface area (Å²) in [6.45, 7) is 5.01. The number of nitrogens with zero attached hydrogens (tertiary/aromatic N) is 3. The van der Waals surface area contributed by atoms with E-state index in [1.807, 2.05) is 6.92 Å². The summed E-state index contributed by atoms with van der Waals surface area (Å²) in [5.41, 5.74) is 3.58. The first-order valence-electron chi connectivity index (χ1n) is 7.34. The maximum Gasteiger partial charge on any atom is 0.190 e. The van der Waals surface area contributed by atoms with Crippen molar-refractivity contribution in [2.45, 2.75) is 46.0 Å². The Morgan fingerprint density at radius 3 is 2.75 bits per heavy atom. The molecule has 0 bridgehead atoms. The minimum Gasteiger partial charge on any atom is -0.370 e. The topological polar surface area (TPSA) is 50.7 Å². The van der Waals surface area contributed by atoms with Crippen molar-refractivity contribution in [3.05, 3.63) is 22.3 Å². The van der Waals surface area contributed by atoms with Crippen LogP contribution in [0.5, 0.6) is 0 Å². The Morgan fingerprint density at radius 2 is 2.00 bits per heavy atom. The zero-order chi connectivity index (χ0) is 13.9. The summed E-state index contributed by atoms with van der Waals surface area (Å²) < 4.78 is 0. The Balaban J connectivity index is 2.08. The highest BCUT2D eigenvalue weighted by Crippen LogP contribution is 2.29. The highest BCUT2D eigenvalue weighted by atomic mass is 32.1. The fourth-order valence-electron chi connectivity index (χ4n) is 2.64. The molecule has 0 saturated carbocycles. The molecule has 0 aliphatic heterocycles. The van der Waals surface area contributed by atoms with Gasteiger partial charge in [-0.3, -0.25) is 0 Å². The Hall–Kier alpha value is -1.49. The molecule has 106 valence electrons. The fourth-order valence-corrected chi connectivity index (χ4v) is 3.37. The van der Waals surface area contributed by atoms with Crippen molar-refractivity contribution in [1.82, 2.24) is 15.0 Å². The monoisotopic (exact) mass is 288 g/mol. The number of aryl methyl sites for hydroxylation is 2. The van der Waals surface area contributed by atoms with E-state index in [2.05, 4.69) is 22.6 Å². The number of rotatable bonds is 3. The number of anilines is 1. The van der Waals surface area contributed by atoms with Crippen LogP contribution in [-0.4, -0.2) is 21.5 Å². The second-order valence-corrected chi connectivity index (χ2v) is 6.06. The molecule has 0 atom stereocenters. The molecule has 0 aromatic carbocycles. The van der Waals surface area contributed by atoms with Crippen molar-refractivity contribution in [2.24, 2.45) is 0 Å². The van der Waals surface area contributed by atoms with Crippen molar-refractivity contribution in [3.8, 4) is 10.8 Å². The van der Waals surface area contributed by atoms with E-state index in [0.29, 0.717) is 0 Å². The maximum atomic E-state index is 4.80. The van der Waals surface area contributed by atoms with Gasteiger partial charge in [-0.25, -0.2) is 15.0 Å². The van der Waals surface area contributed by atoms with Crippen molar-refractivity contribution >= 4 is 17.2 Å². The Bertz CT molecular complexity index is 606. The van der Waals surface area contributed by atoms with Gasteiger partial charge in [0.15, 0.2) is 10.8 Å². The van der Waals surface area contributed by atoms with Gasteiger partial charge in [-0.05, 0) is 39.5 Å². The van der Waals surface area contributed by atoms with Crippen molar-refractivity contribution in [2.75, 3.05) is 11.9 Å². The summed E-state index contributed by atoms with van der Waals surface area (Å²) >= 11 is 1.62. The molecule has 3 rings (SSSR count). The van der Waals surface area contributed by atoms with Crippen LogP contribution in [0.4, 0.5) is 5.82 Å². The zero-order valence-electron chi connectivity index (χ0n) is 12.1. The summed E-state index contributed by atoms with van der Waals surface area (Å²) in [5, 5.41) is 6.38. The number of hydrogen-bond acceptors (Lipinski definition) is 5. The SMILES string of the molecule is CCNc1nc(-c2nc(C)cs2)nc2c1CCCCC2. The normalized spacial score (nSPS) is 14.7. The van der Waals surface area contributed by atoms with E-state index in [4.69, 9.17) is 9.97 Å². The van der Waals surface area contributed by atoms with Crippen LogP contribution in [0.3, 0.4) is 0 Å². The van der Waals surface area contributed by atoms with Crippen LogP contribution < -0.4 is 5.32 Å². The standard InChI is InChI=1S/C15H20N4S/c1-3-16-13-11-7-5-4-6-8-12(11)18-14(19-13)15-17-10(2)9-20-15/h9H,3-8H2,1-2H3,(H,16,18,19). The van der Waals surface area contributed by atoms with E-state index in [0.717, 1.165) is 41.7 Å². The average Bonchev–Trinajstić information content (AvgIpc) is 2.73. The van der Waals surface area contributed by atoms with Gasteiger partial charge < -0.3 is 5.32 Å². The van der Waals surface area contributed by atoms with Gasteiger partial charge in [0.1, 0.15) is 5.82 Å². The van der Waals surface area contributed by atoms with E-state index in [1.165, 1.54) is 30.5 Å². The lowest BCUT2D eigenvalue weighted by molar-refractivity contribution is 0.709. The summed E-state index contributed by atoms with van der Waals surface area (Å²) in [7, 11) is 0. The van der Waals surface area contributed by atoms with Crippen molar-refractivity contribution in [3.63, 3.8) is 0 Å². The second-order valence-electron chi connectivity index (χ2n) is 5.21. The number of hydrogen-bond donors (Lipinski definition) is 1. The van der Waals surface area contributed by atoms with Crippen molar-refractivity contribution < 1.29 is 0 Å². The van der Waals surface area contributed by atoms with Crippen LogP contribution in [-0.2, 0) is 12.8 Å². The smallest absolute Gasteiger partial charge is 0.190 e. The number of thiazole rings is 1. The maximum absolute atomic E-state index is 4.80. The lowest BCUT2D eigenvalue weighted by Crippen LogP contribution is -2.09. The highest BCUT2D eigenvalue weighted by molar-refractivity contribution is 7.13. The molecule has 0 amide bonds. The molecule has 0 radical (unpaired) electrons. The number of aromatic nitrogens is 3. The lowest BCUT2D eigenvalue weighted by Gasteiger charge is -2.13. The molecule has 1 aliphatic rings. The van der Waals surface area contributed by atoms with Gasteiger partial charge in [-0.2, -0.15) is 0 Å². The Morgan fingerprint density at radius 1 is 1.15 bits per heavy atom. The quantitative estimate of drug-likeness (QED) is 0.877. The van der Waals surface area contributed by atoms with Crippen LogP contribution in [0.25, 0.3) is 10.8 Å². The third-order valence-corrected chi connectivity index (χ3v) is 4.54. The number of nitrogens with one attached hydrogen (secondary N) is 1. The molecule has 1 N–H and O–H groups in total. The average molecular weight is 288 g/mol. The second kappa shape index (κ2) is 5.87. The van der Waals surface area contributed by atoms with Crippen LogP contribution in [0.15, 0.2) is 5.38 Å². The van der Waals surface area contributed by atoms with E-state index in [9.17, 15) is 0 Å². The predicted octanol–water partition coefficient (Wildman–Crippen LogP) is 3.61. The van der Waals surface area contributed by atoms with Gasteiger partial charge in [0.05, 0.1) is 0 Å².